The van der Waals surface area contributed by atoms with Gasteiger partial charge in [0.2, 0.25) is 6.19 Å². The summed E-state index contributed by atoms with van der Waals surface area (Å²) in [5.74, 6) is 0. The van der Waals surface area contributed by atoms with E-state index in [4.69, 9.17) is 5.26 Å². The van der Waals surface area contributed by atoms with Crippen LogP contribution >= 0.6 is 23.1 Å². The highest BCUT2D eigenvalue weighted by molar-refractivity contribution is 8.13. The van der Waals surface area contributed by atoms with Gasteiger partial charge in [0.15, 0.2) is 5.17 Å². The minimum Gasteiger partial charge on any atom is -0.348 e. The van der Waals surface area contributed by atoms with Gasteiger partial charge in [0.25, 0.3) is 0 Å². The van der Waals surface area contributed by atoms with Crippen molar-refractivity contribution in [1.82, 2.24) is 9.88 Å². The third-order valence-corrected chi connectivity index (χ3v) is 3.31. The highest BCUT2D eigenvalue weighted by atomic mass is 32.2. The van der Waals surface area contributed by atoms with Crippen LogP contribution in [0.15, 0.2) is 10.4 Å². The van der Waals surface area contributed by atoms with Crippen LogP contribution in [0.25, 0.3) is 0 Å². The molecule has 0 fully saturated rings. The van der Waals surface area contributed by atoms with Crippen molar-refractivity contribution in [3.63, 3.8) is 0 Å². The van der Waals surface area contributed by atoms with Crippen LogP contribution in [0.4, 0.5) is 0 Å². The number of nitriles is 1. The van der Waals surface area contributed by atoms with Crippen LogP contribution in [0.1, 0.15) is 10.7 Å². The number of amidine groups is 1. The Balaban J connectivity index is 2.66. The molecule has 80 valence electrons. The number of thioether (sulfide) groups is 1. The second-order valence-electron chi connectivity index (χ2n) is 2.91. The first kappa shape index (κ1) is 12.0. The first-order chi connectivity index (χ1) is 7.17. The molecular formula is C9H12N4S2. The van der Waals surface area contributed by atoms with Gasteiger partial charge in [-0.25, -0.2) is 4.98 Å². The van der Waals surface area contributed by atoms with E-state index in [1.807, 2.05) is 30.5 Å². The fourth-order valence-corrected chi connectivity index (χ4v) is 2.23. The fraction of sp³-hybridized carbons (Fsp3) is 0.444. The Hall–Kier alpha value is -1.06. The smallest absolute Gasteiger partial charge is 0.208 e. The van der Waals surface area contributed by atoms with Crippen LogP contribution < -0.4 is 0 Å². The van der Waals surface area contributed by atoms with E-state index in [0.717, 1.165) is 10.7 Å². The molecule has 0 radical (unpaired) electrons. The Morgan fingerprint density at radius 3 is 3.00 bits per heavy atom. The molecule has 0 saturated carbocycles. The maximum Gasteiger partial charge on any atom is 0.208 e. The summed E-state index contributed by atoms with van der Waals surface area (Å²) in [6.45, 7) is 2.67. The first-order valence-electron chi connectivity index (χ1n) is 4.30. The molecular weight excluding hydrogens is 228 g/mol. The molecule has 1 heterocycles. The highest BCUT2D eigenvalue weighted by Crippen LogP contribution is 2.12. The quantitative estimate of drug-likeness (QED) is 0.451. The summed E-state index contributed by atoms with van der Waals surface area (Å²) in [6.07, 6.45) is 3.70. The lowest BCUT2D eigenvalue weighted by atomic mass is 10.4. The summed E-state index contributed by atoms with van der Waals surface area (Å²) in [6, 6.07) is 0. The molecule has 4 nitrogen and oxygen atoms in total. The Labute approximate surface area is 97.7 Å². The number of nitrogens with zero attached hydrogens (tertiary/aromatic N) is 4. The largest absolute Gasteiger partial charge is 0.348 e. The molecule has 6 heteroatoms. The molecule has 1 aromatic heterocycles. The number of aryl methyl sites for hydroxylation is 1. The molecule has 0 aliphatic heterocycles. The second-order valence-corrected chi connectivity index (χ2v) is 4.75. The predicted octanol–water partition coefficient (Wildman–Crippen LogP) is 2.08. The maximum absolute atomic E-state index is 8.50. The zero-order valence-corrected chi connectivity index (χ0v) is 10.5. The second kappa shape index (κ2) is 5.73. The van der Waals surface area contributed by atoms with Gasteiger partial charge in [-0.15, -0.1) is 16.3 Å². The molecule has 0 aliphatic carbocycles. The van der Waals surface area contributed by atoms with Gasteiger partial charge in [0.1, 0.15) is 0 Å². The van der Waals surface area contributed by atoms with E-state index in [0.29, 0.717) is 11.7 Å². The fourth-order valence-electron chi connectivity index (χ4n) is 1.12. The molecule has 0 N–H and O–H groups in total. The van der Waals surface area contributed by atoms with Gasteiger partial charge in [-0.2, -0.15) is 5.26 Å². The average molecular weight is 240 g/mol. The third kappa shape index (κ3) is 3.53. The monoisotopic (exact) mass is 240 g/mol. The van der Waals surface area contributed by atoms with Crippen LogP contribution in [-0.4, -0.2) is 28.4 Å². The van der Waals surface area contributed by atoms with Gasteiger partial charge in [0.05, 0.1) is 17.2 Å². The van der Waals surface area contributed by atoms with Crippen LogP contribution in [-0.2, 0) is 6.54 Å². The number of thiazole rings is 1. The van der Waals surface area contributed by atoms with Gasteiger partial charge in [-0.3, -0.25) is 0 Å². The third-order valence-electron chi connectivity index (χ3n) is 1.72. The summed E-state index contributed by atoms with van der Waals surface area (Å²) in [5.41, 5.74) is 1.01. The Morgan fingerprint density at radius 1 is 1.80 bits per heavy atom. The molecule has 0 saturated heterocycles. The first-order valence-corrected chi connectivity index (χ1v) is 6.40. The topological polar surface area (TPSA) is 52.3 Å². The van der Waals surface area contributed by atoms with E-state index in [9.17, 15) is 0 Å². The maximum atomic E-state index is 8.50. The number of aliphatic imine (C=N–C) groups is 1. The summed E-state index contributed by atoms with van der Waals surface area (Å²) in [7, 11) is 1.90. The van der Waals surface area contributed by atoms with Crippen molar-refractivity contribution < 1.29 is 0 Å². The van der Waals surface area contributed by atoms with Crippen molar-refractivity contribution in [1.29, 1.82) is 5.26 Å². The Bertz CT molecular complexity index is 391. The lowest BCUT2D eigenvalue weighted by molar-refractivity contribution is 0.504. The van der Waals surface area contributed by atoms with E-state index in [1.54, 1.807) is 17.5 Å². The van der Waals surface area contributed by atoms with Crippen molar-refractivity contribution in [2.75, 3.05) is 13.3 Å². The average Bonchev–Trinajstić information content (AvgIpc) is 2.60. The van der Waals surface area contributed by atoms with Crippen LogP contribution in [0, 0.1) is 18.4 Å². The molecule has 0 aromatic carbocycles. The molecule has 0 bridgehead atoms. The van der Waals surface area contributed by atoms with E-state index < -0.39 is 0 Å². The summed E-state index contributed by atoms with van der Waals surface area (Å²) >= 11 is 3.09. The molecule has 1 rings (SSSR count). The summed E-state index contributed by atoms with van der Waals surface area (Å²) < 4.78 is 0. The lowest BCUT2D eigenvalue weighted by Gasteiger charge is -2.16. The number of aromatic nitrogens is 1. The van der Waals surface area contributed by atoms with Crippen molar-refractivity contribution in [3.8, 4) is 6.19 Å². The standard InChI is InChI=1S/C9H12N4S2/c1-7-12-8(5-15-7)4-13(2)9(14-3)11-6-10/h5H,4H2,1-3H3. The van der Waals surface area contributed by atoms with E-state index >= 15 is 0 Å². The van der Waals surface area contributed by atoms with E-state index in [-0.39, 0.29) is 0 Å². The summed E-state index contributed by atoms with van der Waals surface area (Å²) in [4.78, 5) is 10.0. The number of hydrogen-bond donors (Lipinski definition) is 0. The molecule has 0 unspecified atom stereocenters. The zero-order chi connectivity index (χ0) is 11.3. The Kier molecular flexibility index (Phi) is 4.59. The van der Waals surface area contributed by atoms with Crippen molar-refractivity contribution in [3.05, 3.63) is 16.1 Å². The number of rotatable bonds is 2. The van der Waals surface area contributed by atoms with Gasteiger partial charge in [0, 0.05) is 12.4 Å². The zero-order valence-electron chi connectivity index (χ0n) is 8.89. The van der Waals surface area contributed by atoms with E-state index in [2.05, 4.69) is 9.98 Å². The lowest BCUT2D eigenvalue weighted by Crippen LogP contribution is -2.23. The van der Waals surface area contributed by atoms with Crippen LogP contribution in [0.2, 0.25) is 0 Å². The van der Waals surface area contributed by atoms with Gasteiger partial charge in [-0.1, -0.05) is 11.8 Å². The molecule has 0 aliphatic rings. The molecule has 0 spiro atoms. The molecule has 1 aromatic rings. The minimum atomic E-state index is 0.686. The minimum absolute atomic E-state index is 0.686. The molecule has 0 amide bonds. The van der Waals surface area contributed by atoms with E-state index in [1.165, 1.54) is 11.8 Å². The molecule has 15 heavy (non-hydrogen) atoms. The van der Waals surface area contributed by atoms with Gasteiger partial charge in [-0.05, 0) is 13.2 Å². The number of hydrogen-bond acceptors (Lipinski definition) is 5. The van der Waals surface area contributed by atoms with Crippen molar-refractivity contribution in [2.24, 2.45) is 4.99 Å². The van der Waals surface area contributed by atoms with Gasteiger partial charge < -0.3 is 4.90 Å². The predicted molar refractivity (Wildman–Crippen MR) is 64.9 cm³/mol. The highest BCUT2D eigenvalue weighted by Gasteiger charge is 2.07. The van der Waals surface area contributed by atoms with Crippen molar-refractivity contribution in [2.45, 2.75) is 13.5 Å². The van der Waals surface area contributed by atoms with Crippen LogP contribution in [0.3, 0.4) is 0 Å². The molecule has 0 atom stereocenters. The van der Waals surface area contributed by atoms with Crippen molar-refractivity contribution >= 4 is 28.3 Å². The van der Waals surface area contributed by atoms with Crippen LogP contribution in [0.5, 0.6) is 0 Å². The Morgan fingerprint density at radius 2 is 2.53 bits per heavy atom. The summed E-state index contributed by atoms with van der Waals surface area (Å²) in [5, 5.41) is 12.3. The SMILES string of the molecule is CSC(=NC#N)N(C)Cc1csc(C)n1. The normalized spacial score (nSPS) is 11.2. The van der Waals surface area contributed by atoms with Gasteiger partial charge >= 0.3 is 0 Å².